The molecule has 0 fully saturated rings. The standard InChI is InChI=1S/C13H16F2N2/c1-8(13(2,3)4)17-10-6-5-9(7-16)11(14)12(10)15/h5-6,8,17H,1-4H3. The first kappa shape index (κ1) is 13.4. The number of anilines is 1. The van der Waals surface area contributed by atoms with E-state index in [0.717, 1.165) is 0 Å². The molecular formula is C13H16F2N2. The van der Waals surface area contributed by atoms with Crippen molar-refractivity contribution in [2.45, 2.75) is 33.7 Å². The minimum absolute atomic E-state index is 0.0238. The fraction of sp³-hybridized carbons (Fsp3) is 0.462. The monoisotopic (exact) mass is 238 g/mol. The minimum atomic E-state index is -1.10. The summed E-state index contributed by atoms with van der Waals surface area (Å²) in [5.74, 6) is -2.10. The van der Waals surface area contributed by atoms with Gasteiger partial charge in [-0.25, -0.2) is 8.78 Å². The Labute approximate surface area is 100 Å². The van der Waals surface area contributed by atoms with Crippen LogP contribution in [0.5, 0.6) is 0 Å². The van der Waals surface area contributed by atoms with Gasteiger partial charge in [0.25, 0.3) is 0 Å². The maximum atomic E-state index is 13.6. The Morgan fingerprint density at radius 1 is 1.24 bits per heavy atom. The van der Waals surface area contributed by atoms with E-state index >= 15 is 0 Å². The molecule has 17 heavy (non-hydrogen) atoms. The van der Waals surface area contributed by atoms with Gasteiger partial charge in [-0.2, -0.15) is 5.26 Å². The summed E-state index contributed by atoms with van der Waals surface area (Å²) < 4.78 is 27.0. The molecule has 92 valence electrons. The Morgan fingerprint density at radius 2 is 1.82 bits per heavy atom. The van der Waals surface area contributed by atoms with E-state index in [1.807, 2.05) is 27.7 Å². The van der Waals surface area contributed by atoms with E-state index in [-0.39, 0.29) is 22.7 Å². The van der Waals surface area contributed by atoms with Crippen LogP contribution in [0.15, 0.2) is 12.1 Å². The molecule has 0 spiro atoms. The van der Waals surface area contributed by atoms with Crippen LogP contribution in [0.3, 0.4) is 0 Å². The van der Waals surface area contributed by atoms with Gasteiger partial charge in [-0.15, -0.1) is 0 Å². The lowest BCUT2D eigenvalue weighted by Crippen LogP contribution is -2.31. The first-order chi connectivity index (χ1) is 7.77. The molecule has 4 heteroatoms. The lowest BCUT2D eigenvalue weighted by molar-refractivity contribution is 0.358. The maximum absolute atomic E-state index is 13.6. The van der Waals surface area contributed by atoms with Gasteiger partial charge in [-0.1, -0.05) is 20.8 Å². The van der Waals surface area contributed by atoms with Crippen molar-refractivity contribution in [3.8, 4) is 6.07 Å². The highest BCUT2D eigenvalue weighted by Crippen LogP contribution is 2.26. The largest absolute Gasteiger partial charge is 0.380 e. The number of halogens is 2. The van der Waals surface area contributed by atoms with Crippen molar-refractivity contribution < 1.29 is 8.78 Å². The van der Waals surface area contributed by atoms with Crippen LogP contribution in [0, 0.1) is 28.4 Å². The van der Waals surface area contributed by atoms with Crippen LogP contribution in [0.25, 0.3) is 0 Å². The van der Waals surface area contributed by atoms with E-state index in [1.54, 1.807) is 6.07 Å². The summed E-state index contributed by atoms with van der Waals surface area (Å²) in [6, 6.07) is 4.24. The summed E-state index contributed by atoms with van der Waals surface area (Å²) in [6.45, 7) is 7.91. The van der Waals surface area contributed by atoms with Gasteiger partial charge < -0.3 is 5.32 Å². The number of rotatable bonds is 2. The van der Waals surface area contributed by atoms with Gasteiger partial charge in [-0.05, 0) is 24.5 Å². The zero-order valence-electron chi connectivity index (χ0n) is 10.4. The molecule has 0 heterocycles. The van der Waals surface area contributed by atoms with Crippen LogP contribution in [0.1, 0.15) is 33.3 Å². The highest BCUT2D eigenvalue weighted by atomic mass is 19.2. The second-order valence-corrected chi connectivity index (χ2v) is 5.13. The van der Waals surface area contributed by atoms with Crippen LogP contribution in [0.4, 0.5) is 14.5 Å². The van der Waals surface area contributed by atoms with E-state index in [0.29, 0.717) is 0 Å². The second kappa shape index (κ2) is 4.70. The summed E-state index contributed by atoms with van der Waals surface area (Å²) in [7, 11) is 0. The fourth-order valence-electron chi connectivity index (χ4n) is 1.20. The number of hydrogen-bond acceptors (Lipinski definition) is 2. The van der Waals surface area contributed by atoms with Crippen LogP contribution in [-0.2, 0) is 0 Å². The first-order valence-electron chi connectivity index (χ1n) is 5.42. The quantitative estimate of drug-likeness (QED) is 0.853. The molecule has 1 N–H and O–H groups in total. The van der Waals surface area contributed by atoms with Crippen molar-refractivity contribution in [2.24, 2.45) is 5.41 Å². The van der Waals surface area contributed by atoms with E-state index in [1.165, 1.54) is 12.1 Å². The fourth-order valence-corrected chi connectivity index (χ4v) is 1.20. The van der Waals surface area contributed by atoms with Gasteiger partial charge in [-0.3, -0.25) is 0 Å². The molecule has 0 amide bonds. The third-order valence-electron chi connectivity index (χ3n) is 2.87. The molecule has 0 bridgehead atoms. The number of benzene rings is 1. The Balaban J connectivity index is 3.03. The van der Waals surface area contributed by atoms with Crippen molar-refractivity contribution in [3.63, 3.8) is 0 Å². The number of nitrogens with zero attached hydrogens (tertiary/aromatic N) is 1. The number of nitriles is 1. The predicted octanol–water partition coefficient (Wildman–Crippen LogP) is 3.68. The Bertz CT molecular complexity index is 456. The predicted molar refractivity (Wildman–Crippen MR) is 63.6 cm³/mol. The zero-order valence-corrected chi connectivity index (χ0v) is 10.4. The molecule has 0 saturated carbocycles. The summed E-state index contributed by atoms with van der Waals surface area (Å²) in [4.78, 5) is 0. The van der Waals surface area contributed by atoms with Gasteiger partial charge in [0.1, 0.15) is 6.07 Å². The highest BCUT2D eigenvalue weighted by molar-refractivity contribution is 5.50. The van der Waals surface area contributed by atoms with Gasteiger partial charge in [0.05, 0.1) is 11.3 Å². The number of hydrogen-bond donors (Lipinski definition) is 1. The van der Waals surface area contributed by atoms with Crippen molar-refractivity contribution in [2.75, 3.05) is 5.32 Å². The molecule has 0 aromatic heterocycles. The summed E-state index contributed by atoms with van der Waals surface area (Å²) in [6.07, 6.45) is 0. The van der Waals surface area contributed by atoms with Crippen molar-refractivity contribution >= 4 is 5.69 Å². The van der Waals surface area contributed by atoms with Gasteiger partial charge in [0.2, 0.25) is 0 Å². The van der Waals surface area contributed by atoms with Crippen LogP contribution >= 0.6 is 0 Å². The third-order valence-corrected chi connectivity index (χ3v) is 2.87. The molecule has 1 unspecified atom stereocenters. The van der Waals surface area contributed by atoms with E-state index in [9.17, 15) is 8.78 Å². The molecular weight excluding hydrogens is 222 g/mol. The molecule has 0 radical (unpaired) electrons. The average Bonchev–Trinajstić information content (AvgIpc) is 2.23. The molecule has 1 atom stereocenters. The van der Waals surface area contributed by atoms with Crippen molar-refractivity contribution in [1.29, 1.82) is 5.26 Å². The van der Waals surface area contributed by atoms with Crippen molar-refractivity contribution in [1.82, 2.24) is 0 Å². The molecule has 1 aromatic rings. The van der Waals surface area contributed by atoms with E-state index in [2.05, 4.69) is 5.32 Å². The van der Waals surface area contributed by atoms with E-state index < -0.39 is 11.6 Å². The zero-order chi connectivity index (χ0) is 13.2. The molecule has 1 rings (SSSR count). The maximum Gasteiger partial charge on any atom is 0.183 e. The van der Waals surface area contributed by atoms with E-state index in [4.69, 9.17) is 5.26 Å². The third kappa shape index (κ3) is 2.94. The van der Waals surface area contributed by atoms with Gasteiger partial charge >= 0.3 is 0 Å². The van der Waals surface area contributed by atoms with Gasteiger partial charge in [0.15, 0.2) is 11.6 Å². The lowest BCUT2D eigenvalue weighted by atomic mass is 9.88. The Morgan fingerprint density at radius 3 is 2.29 bits per heavy atom. The molecule has 1 aromatic carbocycles. The minimum Gasteiger partial charge on any atom is -0.380 e. The van der Waals surface area contributed by atoms with Crippen LogP contribution in [0.2, 0.25) is 0 Å². The summed E-state index contributed by atoms with van der Waals surface area (Å²) in [5, 5.41) is 11.5. The highest BCUT2D eigenvalue weighted by Gasteiger charge is 2.22. The topological polar surface area (TPSA) is 35.8 Å². The first-order valence-corrected chi connectivity index (χ1v) is 5.42. The second-order valence-electron chi connectivity index (χ2n) is 5.13. The SMILES string of the molecule is CC(Nc1ccc(C#N)c(F)c1F)C(C)(C)C. The van der Waals surface area contributed by atoms with Crippen LogP contribution in [-0.4, -0.2) is 6.04 Å². The smallest absolute Gasteiger partial charge is 0.183 e. The van der Waals surface area contributed by atoms with Crippen LogP contribution < -0.4 is 5.32 Å². The molecule has 0 aliphatic heterocycles. The summed E-state index contributed by atoms with van der Waals surface area (Å²) in [5.41, 5.74) is -0.267. The van der Waals surface area contributed by atoms with Gasteiger partial charge in [0, 0.05) is 6.04 Å². The average molecular weight is 238 g/mol. The normalized spacial score (nSPS) is 13.0. The van der Waals surface area contributed by atoms with Crippen molar-refractivity contribution in [3.05, 3.63) is 29.3 Å². The molecule has 0 saturated heterocycles. The molecule has 0 aliphatic rings. The lowest BCUT2D eigenvalue weighted by Gasteiger charge is -2.29. The summed E-state index contributed by atoms with van der Waals surface area (Å²) >= 11 is 0. The molecule has 0 aliphatic carbocycles. The molecule has 2 nitrogen and oxygen atoms in total. The Hall–Kier alpha value is -1.63. The number of nitrogens with one attached hydrogen (secondary N) is 1. The Kier molecular flexibility index (Phi) is 3.72.